The predicted octanol–water partition coefficient (Wildman–Crippen LogP) is 3.04. The number of hydrogen-bond donors (Lipinski definition) is 2. The van der Waals surface area contributed by atoms with Crippen molar-refractivity contribution in [3.8, 4) is 11.3 Å². The van der Waals surface area contributed by atoms with Crippen LogP contribution in [-0.4, -0.2) is 10.2 Å². The van der Waals surface area contributed by atoms with Gasteiger partial charge in [0.2, 0.25) is 0 Å². The van der Waals surface area contributed by atoms with Crippen molar-refractivity contribution in [1.82, 2.24) is 10.2 Å². The number of nitrogen functional groups attached to an aromatic ring is 1. The molecule has 0 radical (unpaired) electrons. The first-order chi connectivity index (χ1) is 7.11. The zero-order valence-corrected chi connectivity index (χ0v) is 10.2. The molecule has 78 valence electrons. The van der Waals surface area contributed by atoms with E-state index in [9.17, 15) is 0 Å². The maximum absolute atomic E-state index is 5.71. The van der Waals surface area contributed by atoms with Gasteiger partial charge in [0.25, 0.3) is 0 Å². The van der Waals surface area contributed by atoms with E-state index >= 15 is 0 Å². The van der Waals surface area contributed by atoms with Gasteiger partial charge in [-0.25, -0.2) is 0 Å². The van der Waals surface area contributed by atoms with E-state index in [2.05, 4.69) is 39.1 Å². The lowest BCUT2D eigenvalue weighted by atomic mass is 10.1. The minimum Gasteiger partial charge on any atom is -0.382 e. The van der Waals surface area contributed by atoms with Gasteiger partial charge in [0.05, 0.1) is 5.69 Å². The molecule has 0 unspecified atom stereocenters. The van der Waals surface area contributed by atoms with Gasteiger partial charge in [0.15, 0.2) is 0 Å². The van der Waals surface area contributed by atoms with Crippen molar-refractivity contribution in [3.05, 3.63) is 33.8 Å². The van der Waals surface area contributed by atoms with Gasteiger partial charge >= 0.3 is 0 Å². The Morgan fingerprint density at radius 3 is 2.67 bits per heavy atom. The van der Waals surface area contributed by atoms with Crippen LogP contribution in [0, 0.1) is 13.8 Å². The summed E-state index contributed by atoms with van der Waals surface area (Å²) in [7, 11) is 0. The summed E-state index contributed by atoms with van der Waals surface area (Å²) < 4.78 is 1.08. The van der Waals surface area contributed by atoms with Gasteiger partial charge in [-0.05, 0) is 35.3 Å². The molecule has 0 aliphatic rings. The van der Waals surface area contributed by atoms with Crippen LogP contribution in [-0.2, 0) is 0 Å². The highest BCUT2D eigenvalue weighted by Crippen LogP contribution is 2.32. The highest BCUT2D eigenvalue weighted by molar-refractivity contribution is 9.10. The molecule has 2 rings (SSSR count). The molecule has 0 fully saturated rings. The number of rotatable bonds is 1. The normalized spacial score (nSPS) is 10.6. The zero-order chi connectivity index (χ0) is 11.0. The van der Waals surface area contributed by atoms with Gasteiger partial charge in [-0.3, -0.25) is 5.10 Å². The van der Waals surface area contributed by atoms with E-state index in [1.54, 1.807) is 0 Å². The monoisotopic (exact) mass is 265 g/mol. The average Bonchev–Trinajstić information content (AvgIpc) is 2.53. The Labute approximate surface area is 96.8 Å². The van der Waals surface area contributed by atoms with Crippen molar-refractivity contribution in [2.75, 3.05) is 5.73 Å². The molecule has 4 heteroatoms. The Morgan fingerprint density at radius 1 is 1.33 bits per heavy atom. The molecule has 1 heterocycles. The summed E-state index contributed by atoms with van der Waals surface area (Å²) in [6, 6.07) is 6.12. The van der Waals surface area contributed by atoms with Crippen molar-refractivity contribution in [2.45, 2.75) is 13.8 Å². The van der Waals surface area contributed by atoms with E-state index in [1.165, 1.54) is 5.56 Å². The zero-order valence-electron chi connectivity index (χ0n) is 8.63. The lowest BCUT2D eigenvalue weighted by molar-refractivity contribution is 1.10. The highest BCUT2D eigenvalue weighted by Gasteiger charge is 2.11. The van der Waals surface area contributed by atoms with Gasteiger partial charge in [-0.2, -0.15) is 5.10 Å². The number of aromatic amines is 1. The third kappa shape index (κ3) is 1.65. The Bertz CT molecular complexity index is 503. The molecule has 3 nitrogen and oxygen atoms in total. The second-order valence-electron chi connectivity index (χ2n) is 3.55. The molecule has 1 aromatic carbocycles. The summed E-state index contributed by atoms with van der Waals surface area (Å²) >= 11 is 3.57. The van der Waals surface area contributed by atoms with E-state index in [4.69, 9.17) is 5.73 Å². The van der Waals surface area contributed by atoms with Crippen LogP contribution in [0.5, 0.6) is 0 Å². The first-order valence-electron chi connectivity index (χ1n) is 4.67. The lowest BCUT2D eigenvalue weighted by Gasteiger charge is -2.05. The van der Waals surface area contributed by atoms with Crippen molar-refractivity contribution in [3.63, 3.8) is 0 Å². The Kier molecular flexibility index (Phi) is 2.52. The van der Waals surface area contributed by atoms with E-state index in [-0.39, 0.29) is 0 Å². The van der Waals surface area contributed by atoms with Crippen LogP contribution in [0.4, 0.5) is 5.82 Å². The van der Waals surface area contributed by atoms with Crippen LogP contribution in [0.3, 0.4) is 0 Å². The molecule has 1 aromatic heterocycles. The maximum Gasteiger partial charge on any atom is 0.148 e. The number of aromatic nitrogens is 2. The number of aryl methyl sites for hydroxylation is 1. The van der Waals surface area contributed by atoms with Crippen LogP contribution in [0.1, 0.15) is 11.1 Å². The minimum atomic E-state index is 0.554. The first-order valence-corrected chi connectivity index (χ1v) is 5.46. The van der Waals surface area contributed by atoms with Crippen LogP contribution in [0.25, 0.3) is 11.3 Å². The molecular weight excluding hydrogens is 254 g/mol. The largest absolute Gasteiger partial charge is 0.382 e. The van der Waals surface area contributed by atoms with Crippen molar-refractivity contribution in [1.29, 1.82) is 0 Å². The molecule has 0 saturated carbocycles. The van der Waals surface area contributed by atoms with Gasteiger partial charge < -0.3 is 5.73 Å². The second-order valence-corrected chi connectivity index (χ2v) is 4.34. The van der Waals surface area contributed by atoms with Crippen molar-refractivity contribution >= 4 is 21.7 Å². The van der Waals surface area contributed by atoms with Crippen molar-refractivity contribution < 1.29 is 0 Å². The number of benzene rings is 1. The molecule has 0 saturated heterocycles. The topological polar surface area (TPSA) is 54.7 Å². The predicted molar refractivity (Wildman–Crippen MR) is 65.6 cm³/mol. The summed E-state index contributed by atoms with van der Waals surface area (Å²) in [5.74, 6) is 0.554. The Hall–Kier alpha value is -1.29. The molecule has 0 aliphatic carbocycles. The first kappa shape index (κ1) is 10.2. The Morgan fingerprint density at radius 2 is 2.07 bits per heavy atom. The fourth-order valence-electron chi connectivity index (χ4n) is 1.51. The number of anilines is 1. The number of nitrogens with one attached hydrogen (secondary N) is 1. The van der Waals surface area contributed by atoms with Gasteiger partial charge in [-0.15, -0.1) is 0 Å². The SMILES string of the molecule is Cc1cccc(-c2[nH]nc(N)c2C)c1Br. The van der Waals surface area contributed by atoms with Gasteiger partial charge in [-0.1, -0.05) is 18.2 Å². The molecule has 0 amide bonds. The summed E-state index contributed by atoms with van der Waals surface area (Å²) in [5.41, 5.74) is 9.96. The van der Waals surface area contributed by atoms with E-state index in [0.717, 1.165) is 21.3 Å². The smallest absolute Gasteiger partial charge is 0.148 e. The highest BCUT2D eigenvalue weighted by atomic mass is 79.9. The van der Waals surface area contributed by atoms with E-state index < -0.39 is 0 Å². The quantitative estimate of drug-likeness (QED) is 0.833. The summed E-state index contributed by atoms with van der Waals surface area (Å²) in [6.45, 7) is 4.02. The van der Waals surface area contributed by atoms with E-state index in [1.807, 2.05) is 19.1 Å². The molecule has 15 heavy (non-hydrogen) atoms. The van der Waals surface area contributed by atoms with Crippen LogP contribution >= 0.6 is 15.9 Å². The van der Waals surface area contributed by atoms with Crippen LogP contribution < -0.4 is 5.73 Å². The molecule has 0 aliphatic heterocycles. The summed E-state index contributed by atoms with van der Waals surface area (Å²) in [4.78, 5) is 0. The number of hydrogen-bond acceptors (Lipinski definition) is 2. The van der Waals surface area contributed by atoms with Gasteiger partial charge in [0.1, 0.15) is 5.82 Å². The number of nitrogens with zero attached hydrogens (tertiary/aromatic N) is 1. The number of nitrogens with two attached hydrogens (primary N) is 1. The number of halogens is 1. The second kappa shape index (κ2) is 3.70. The lowest BCUT2D eigenvalue weighted by Crippen LogP contribution is -1.87. The third-order valence-corrected chi connectivity index (χ3v) is 3.56. The van der Waals surface area contributed by atoms with Crippen LogP contribution in [0.2, 0.25) is 0 Å². The fourth-order valence-corrected chi connectivity index (χ4v) is 1.98. The summed E-state index contributed by atoms with van der Waals surface area (Å²) in [6.07, 6.45) is 0. The minimum absolute atomic E-state index is 0.554. The van der Waals surface area contributed by atoms with Gasteiger partial charge in [0, 0.05) is 15.6 Å². The third-order valence-electron chi connectivity index (χ3n) is 2.51. The Balaban J connectivity index is 2.64. The molecule has 0 spiro atoms. The van der Waals surface area contributed by atoms with Crippen LogP contribution in [0.15, 0.2) is 22.7 Å². The molecular formula is C11H12BrN3. The molecule has 0 bridgehead atoms. The maximum atomic E-state index is 5.71. The molecule has 0 atom stereocenters. The number of H-pyrrole nitrogens is 1. The van der Waals surface area contributed by atoms with Crippen molar-refractivity contribution in [2.24, 2.45) is 0 Å². The standard InChI is InChI=1S/C11H12BrN3/c1-6-4-3-5-8(9(6)12)10-7(2)11(13)15-14-10/h3-5H,1-2H3,(H3,13,14,15). The molecule has 3 N–H and O–H groups in total. The summed E-state index contributed by atoms with van der Waals surface area (Å²) in [5, 5.41) is 6.95. The van der Waals surface area contributed by atoms with E-state index in [0.29, 0.717) is 5.82 Å². The fraction of sp³-hybridized carbons (Fsp3) is 0.182. The molecule has 2 aromatic rings. The average molecular weight is 266 g/mol.